The number of hydrogen-bond acceptors (Lipinski definition) is 3. The monoisotopic (exact) mass is 418 g/mol. The van der Waals surface area contributed by atoms with Gasteiger partial charge < -0.3 is 9.01 Å². The molecule has 0 unspecified atom stereocenters. The standard InChI is InChI=1S/C23H49NO3P/c1-5-6-7-8-9-10-11-12-13-14-15-16-17-18-19-23-22-24(2,3)20-21-26-28(4,25)27-23/h23H,5-22H2,1-4H3/q+1/t23-,28-/m0/s1. The first-order valence-corrected chi connectivity index (χ1v) is 14.1. The minimum absolute atomic E-state index is 0.0588. The van der Waals surface area contributed by atoms with Gasteiger partial charge in [-0.2, -0.15) is 0 Å². The van der Waals surface area contributed by atoms with Crippen molar-refractivity contribution >= 4 is 7.60 Å². The quantitative estimate of drug-likeness (QED) is 0.161. The minimum atomic E-state index is -2.87. The van der Waals surface area contributed by atoms with E-state index in [0.717, 1.165) is 24.0 Å². The average molecular weight is 419 g/mol. The Labute approximate surface area is 175 Å². The zero-order valence-electron chi connectivity index (χ0n) is 19.4. The van der Waals surface area contributed by atoms with Crippen LogP contribution in [0.5, 0.6) is 0 Å². The molecule has 1 fully saturated rings. The highest BCUT2D eigenvalue weighted by molar-refractivity contribution is 7.53. The fourth-order valence-electron chi connectivity index (χ4n) is 4.14. The van der Waals surface area contributed by atoms with Gasteiger partial charge in [0.1, 0.15) is 25.8 Å². The highest BCUT2D eigenvalue weighted by Gasteiger charge is 2.32. The van der Waals surface area contributed by atoms with E-state index in [0.29, 0.717) is 6.61 Å². The lowest BCUT2D eigenvalue weighted by Gasteiger charge is -2.36. The van der Waals surface area contributed by atoms with Crippen LogP contribution in [-0.4, -0.2) is 51.0 Å². The first-order chi connectivity index (χ1) is 13.3. The second-order valence-corrected chi connectivity index (χ2v) is 11.6. The smallest absolute Gasteiger partial charge is 0.324 e. The van der Waals surface area contributed by atoms with Crippen LogP contribution in [0, 0.1) is 0 Å². The summed E-state index contributed by atoms with van der Waals surface area (Å²) in [4.78, 5) is 0. The molecular weight excluding hydrogens is 369 g/mol. The molecule has 0 bridgehead atoms. The van der Waals surface area contributed by atoms with Gasteiger partial charge in [-0.3, -0.25) is 9.09 Å². The fourth-order valence-corrected chi connectivity index (χ4v) is 5.33. The Morgan fingerprint density at radius 1 is 0.821 bits per heavy atom. The second kappa shape index (κ2) is 15.0. The molecule has 1 aliphatic rings. The zero-order valence-corrected chi connectivity index (χ0v) is 20.3. The number of unbranched alkanes of at least 4 members (excludes halogenated alkanes) is 13. The second-order valence-electron chi connectivity index (χ2n) is 9.56. The summed E-state index contributed by atoms with van der Waals surface area (Å²) < 4.78 is 24.5. The topological polar surface area (TPSA) is 35.5 Å². The van der Waals surface area contributed by atoms with Crippen molar-refractivity contribution in [3.8, 4) is 0 Å². The van der Waals surface area contributed by atoms with E-state index in [1.165, 1.54) is 89.9 Å². The van der Waals surface area contributed by atoms with Crippen molar-refractivity contribution in [3.63, 3.8) is 0 Å². The molecule has 168 valence electrons. The molecule has 28 heavy (non-hydrogen) atoms. The van der Waals surface area contributed by atoms with Gasteiger partial charge in [0.05, 0.1) is 14.1 Å². The average Bonchev–Trinajstić information content (AvgIpc) is 2.59. The van der Waals surface area contributed by atoms with Gasteiger partial charge in [0.2, 0.25) is 0 Å². The van der Waals surface area contributed by atoms with E-state index >= 15 is 0 Å². The molecule has 5 heteroatoms. The Morgan fingerprint density at radius 3 is 1.79 bits per heavy atom. The third-order valence-corrected chi connectivity index (χ3v) is 7.27. The SMILES string of the molecule is CCCCCCCCCCCCCCCC[C@H]1C[N+](C)(C)CCO[P@](C)(=O)O1. The molecule has 1 rings (SSSR count). The molecule has 0 radical (unpaired) electrons. The number of nitrogens with zero attached hydrogens (tertiary/aromatic N) is 1. The predicted octanol–water partition coefficient (Wildman–Crippen LogP) is 7.17. The maximum Gasteiger partial charge on any atom is 0.328 e. The van der Waals surface area contributed by atoms with Crippen molar-refractivity contribution in [3.05, 3.63) is 0 Å². The van der Waals surface area contributed by atoms with E-state index in [1.54, 1.807) is 6.66 Å². The van der Waals surface area contributed by atoms with E-state index in [-0.39, 0.29) is 6.10 Å². The third-order valence-electron chi connectivity index (χ3n) is 5.94. The maximum absolute atomic E-state index is 12.3. The third kappa shape index (κ3) is 14.1. The van der Waals surface area contributed by atoms with E-state index in [9.17, 15) is 4.57 Å². The van der Waals surface area contributed by atoms with E-state index in [2.05, 4.69) is 21.0 Å². The lowest BCUT2D eigenvalue weighted by Crippen LogP contribution is -2.48. The zero-order chi connectivity index (χ0) is 20.7. The Kier molecular flexibility index (Phi) is 14.0. The molecular formula is C23H49NO3P+. The molecule has 4 nitrogen and oxygen atoms in total. The predicted molar refractivity (Wildman–Crippen MR) is 121 cm³/mol. The van der Waals surface area contributed by atoms with Crippen LogP contribution in [0.25, 0.3) is 0 Å². The summed E-state index contributed by atoms with van der Waals surface area (Å²) >= 11 is 0. The highest BCUT2D eigenvalue weighted by atomic mass is 31.2. The summed E-state index contributed by atoms with van der Waals surface area (Å²) in [6, 6.07) is 0. The van der Waals surface area contributed by atoms with Gasteiger partial charge in [0.25, 0.3) is 0 Å². The highest BCUT2D eigenvalue weighted by Crippen LogP contribution is 2.46. The maximum atomic E-state index is 12.3. The Hall–Kier alpha value is 0.110. The van der Waals surface area contributed by atoms with Crippen LogP contribution < -0.4 is 0 Å². The molecule has 0 aliphatic carbocycles. The van der Waals surface area contributed by atoms with Crippen molar-refractivity contribution in [1.29, 1.82) is 0 Å². The van der Waals surface area contributed by atoms with E-state index < -0.39 is 7.60 Å². The van der Waals surface area contributed by atoms with E-state index in [4.69, 9.17) is 9.05 Å². The molecule has 1 heterocycles. The Balaban J connectivity index is 1.99. The Morgan fingerprint density at radius 2 is 1.29 bits per heavy atom. The van der Waals surface area contributed by atoms with Crippen molar-refractivity contribution in [2.75, 3.05) is 40.5 Å². The molecule has 2 atom stereocenters. The summed E-state index contributed by atoms with van der Waals surface area (Å²) in [7, 11) is 1.54. The molecule has 0 aromatic rings. The summed E-state index contributed by atoms with van der Waals surface area (Å²) in [6.07, 6.45) is 20.3. The number of rotatable bonds is 15. The van der Waals surface area contributed by atoms with Crippen LogP contribution in [-0.2, 0) is 13.6 Å². The lowest BCUT2D eigenvalue weighted by atomic mass is 10.0. The number of likely N-dealkylation sites (N-methyl/N-ethyl adjacent to an activating group) is 1. The van der Waals surface area contributed by atoms with Gasteiger partial charge in [0, 0.05) is 6.66 Å². The number of quaternary nitrogens is 1. The summed E-state index contributed by atoms with van der Waals surface area (Å²) in [5.74, 6) is 0. The van der Waals surface area contributed by atoms with Gasteiger partial charge >= 0.3 is 7.60 Å². The van der Waals surface area contributed by atoms with Crippen molar-refractivity contribution in [2.45, 2.75) is 109 Å². The van der Waals surface area contributed by atoms with Crippen molar-refractivity contribution in [2.24, 2.45) is 0 Å². The first-order valence-electron chi connectivity index (χ1n) is 12.1. The van der Waals surface area contributed by atoms with Crippen LogP contribution >= 0.6 is 7.60 Å². The summed E-state index contributed by atoms with van der Waals surface area (Å²) in [6.45, 7) is 6.25. The Bertz CT molecular complexity index is 428. The van der Waals surface area contributed by atoms with Gasteiger partial charge in [-0.05, 0) is 6.42 Å². The largest absolute Gasteiger partial charge is 0.328 e. The molecule has 0 N–H and O–H groups in total. The first kappa shape index (κ1) is 26.1. The van der Waals surface area contributed by atoms with Crippen LogP contribution in [0.15, 0.2) is 0 Å². The molecule has 1 aliphatic heterocycles. The fraction of sp³-hybridized carbons (Fsp3) is 1.00. The van der Waals surface area contributed by atoms with Gasteiger partial charge in [-0.25, -0.2) is 0 Å². The minimum Gasteiger partial charge on any atom is -0.324 e. The molecule has 0 aromatic carbocycles. The van der Waals surface area contributed by atoms with Crippen molar-refractivity contribution in [1.82, 2.24) is 0 Å². The molecule has 0 amide bonds. The summed E-state index contributed by atoms with van der Waals surface area (Å²) in [5.41, 5.74) is 0. The summed E-state index contributed by atoms with van der Waals surface area (Å²) in [5, 5.41) is 0. The van der Waals surface area contributed by atoms with Crippen LogP contribution in [0.4, 0.5) is 0 Å². The molecule has 0 saturated carbocycles. The van der Waals surface area contributed by atoms with Crippen LogP contribution in [0.2, 0.25) is 0 Å². The van der Waals surface area contributed by atoms with Crippen LogP contribution in [0.1, 0.15) is 103 Å². The van der Waals surface area contributed by atoms with Gasteiger partial charge in [0.15, 0.2) is 0 Å². The van der Waals surface area contributed by atoms with Crippen LogP contribution in [0.3, 0.4) is 0 Å². The lowest BCUT2D eigenvalue weighted by molar-refractivity contribution is -0.893. The normalized spacial score (nSPS) is 25.4. The molecule has 0 spiro atoms. The van der Waals surface area contributed by atoms with Gasteiger partial charge in [-0.1, -0.05) is 96.8 Å². The molecule has 1 saturated heterocycles. The van der Waals surface area contributed by atoms with Crippen molar-refractivity contribution < 1.29 is 18.1 Å². The van der Waals surface area contributed by atoms with E-state index in [1.807, 2.05) is 0 Å². The van der Waals surface area contributed by atoms with Gasteiger partial charge in [-0.15, -0.1) is 0 Å². The number of hydrogen-bond donors (Lipinski definition) is 0. The molecule has 0 aromatic heterocycles.